The number of ether oxygens (including phenoxy) is 2. The van der Waals surface area contributed by atoms with Gasteiger partial charge in [-0.1, -0.05) is 51.5 Å². The number of carbonyl (C=O) groups is 3. The van der Waals surface area contributed by atoms with Gasteiger partial charge in [-0.25, -0.2) is 0 Å². The number of aliphatic hydroxyl groups is 1. The molecule has 4 heterocycles. The fourth-order valence-corrected chi connectivity index (χ4v) is 7.40. The molecule has 1 aromatic rings. The summed E-state index contributed by atoms with van der Waals surface area (Å²) in [5, 5.41) is 10.5. The lowest BCUT2D eigenvalue weighted by Gasteiger charge is -2.40. The molecule has 1 aromatic carbocycles. The summed E-state index contributed by atoms with van der Waals surface area (Å²) in [5.41, 5.74) is -0.607. The van der Waals surface area contributed by atoms with E-state index in [9.17, 15) is 19.5 Å². The lowest BCUT2D eigenvalue weighted by Crippen LogP contribution is -2.59. The minimum atomic E-state index is -1.31. The second-order valence-corrected chi connectivity index (χ2v) is 12.4. The third-order valence-corrected chi connectivity index (χ3v) is 9.17. The summed E-state index contributed by atoms with van der Waals surface area (Å²) in [6.45, 7) is 11.1. The Morgan fingerprint density at radius 2 is 1.76 bits per heavy atom. The molecule has 1 N–H and O–H groups in total. The van der Waals surface area contributed by atoms with Crippen LogP contribution in [-0.2, 0) is 19.1 Å². The predicted molar refractivity (Wildman–Crippen MR) is 160 cm³/mol. The quantitative estimate of drug-likeness (QED) is 0.426. The van der Waals surface area contributed by atoms with Crippen LogP contribution in [0.5, 0.6) is 5.75 Å². The highest BCUT2D eigenvalue weighted by molar-refractivity contribution is 6.04. The van der Waals surface area contributed by atoms with E-state index >= 15 is 0 Å². The van der Waals surface area contributed by atoms with Crippen LogP contribution in [0.3, 0.4) is 0 Å². The van der Waals surface area contributed by atoms with Gasteiger partial charge in [0, 0.05) is 24.8 Å². The summed E-state index contributed by atoms with van der Waals surface area (Å²) in [5.74, 6) is -1.50. The molecule has 0 aromatic heterocycles. The zero-order valence-electron chi connectivity index (χ0n) is 25.4. The van der Waals surface area contributed by atoms with Crippen molar-refractivity contribution in [1.29, 1.82) is 0 Å². The number of anilines is 1. The van der Waals surface area contributed by atoms with Gasteiger partial charge in [0.2, 0.25) is 17.7 Å². The van der Waals surface area contributed by atoms with Crippen molar-refractivity contribution in [2.75, 3.05) is 31.2 Å². The van der Waals surface area contributed by atoms with Crippen molar-refractivity contribution in [2.24, 2.45) is 17.8 Å². The van der Waals surface area contributed by atoms with Gasteiger partial charge in [-0.05, 0) is 56.9 Å². The average Bonchev–Trinajstić information content (AvgIpc) is 3.28. The van der Waals surface area contributed by atoms with Crippen molar-refractivity contribution < 1.29 is 29.0 Å². The molecule has 2 saturated heterocycles. The maximum Gasteiger partial charge on any atom is 0.249 e. The molecule has 9 heteroatoms. The number of hydrogen-bond acceptors (Lipinski definition) is 6. The minimum absolute atomic E-state index is 0.0282. The van der Waals surface area contributed by atoms with Crippen LogP contribution in [0.15, 0.2) is 48.6 Å². The normalized spacial score (nSPS) is 30.3. The lowest BCUT2D eigenvalue weighted by atomic mass is 9.77. The highest BCUT2D eigenvalue weighted by atomic mass is 16.5. The van der Waals surface area contributed by atoms with Crippen LogP contribution in [0.25, 0.3) is 0 Å². The van der Waals surface area contributed by atoms with Crippen molar-refractivity contribution in [3.05, 3.63) is 48.6 Å². The van der Waals surface area contributed by atoms with Gasteiger partial charge in [0.15, 0.2) is 0 Å². The predicted octanol–water partition coefficient (Wildman–Crippen LogP) is 3.56. The van der Waals surface area contributed by atoms with E-state index in [2.05, 4.69) is 6.92 Å². The van der Waals surface area contributed by atoms with E-state index in [1.807, 2.05) is 81.2 Å². The van der Waals surface area contributed by atoms with Gasteiger partial charge in [-0.2, -0.15) is 0 Å². The number of benzene rings is 1. The zero-order chi connectivity index (χ0) is 30.2. The Morgan fingerprint density at radius 3 is 2.40 bits per heavy atom. The summed E-state index contributed by atoms with van der Waals surface area (Å²) in [6, 6.07) is 5.81. The molecule has 0 aliphatic carbocycles. The molecule has 42 heavy (non-hydrogen) atoms. The van der Waals surface area contributed by atoms with E-state index in [1.54, 1.807) is 9.80 Å². The van der Waals surface area contributed by atoms with Crippen molar-refractivity contribution in [2.45, 2.75) is 83.7 Å². The Balaban J connectivity index is 1.58. The van der Waals surface area contributed by atoms with Crippen LogP contribution in [0, 0.1) is 17.8 Å². The fourth-order valence-electron chi connectivity index (χ4n) is 7.40. The van der Waals surface area contributed by atoms with Crippen LogP contribution in [-0.4, -0.2) is 88.8 Å². The molecular weight excluding hydrogens is 534 g/mol. The third kappa shape index (κ3) is 5.04. The first-order valence-electron chi connectivity index (χ1n) is 15.5. The Kier molecular flexibility index (Phi) is 8.81. The van der Waals surface area contributed by atoms with Crippen LogP contribution < -0.4 is 9.64 Å². The summed E-state index contributed by atoms with van der Waals surface area (Å²) in [4.78, 5) is 48.5. The SMILES string of the molecule is CCCC(C)N1CC=C[C@]23O[C@H]4C=CCN(c5ccc(OCC)cc5)C(=O)[C@H]4[C@H]2C(=O)N([C@@H](CO)CC(C)C)C3C1=O. The van der Waals surface area contributed by atoms with Crippen molar-refractivity contribution in [3.63, 3.8) is 0 Å². The van der Waals surface area contributed by atoms with Gasteiger partial charge >= 0.3 is 0 Å². The number of nitrogens with zero attached hydrogens (tertiary/aromatic N) is 3. The smallest absolute Gasteiger partial charge is 0.249 e. The molecule has 3 amide bonds. The van der Waals surface area contributed by atoms with Gasteiger partial charge in [-0.3, -0.25) is 14.4 Å². The third-order valence-electron chi connectivity index (χ3n) is 9.17. The molecule has 9 nitrogen and oxygen atoms in total. The minimum Gasteiger partial charge on any atom is -0.494 e. The van der Waals surface area contributed by atoms with Gasteiger partial charge < -0.3 is 29.3 Å². The van der Waals surface area contributed by atoms with Crippen molar-refractivity contribution in [1.82, 2.24) is 9.80 Å². The van der Waals surface area contributed by atoms with E-state index in [-0.39, 0.29) is 36.3 Å². The molecule has 0 saturated carbocycles. The lowest BCUT2D eigenvalue weighted by molar-refractivity contribution is -0.152. The second-order valence-electron chi connectivity index (χ2n) is 12.4. The molecule has 2 fully saturated rings. The summed E-state index contributed by atoms with van der Waals surface area (Å²) in [7, 11) is 0. The Hall–Kier alpha value is -3.17. The van der Waals surface area contributed by atoms with Crippen LogP contribution in [0.4, 0.5) is 5.69 Å². The van der Waals surface area contributed by atoms with Gasteiger partial charge in [0.1, 0.15) is 17.4 Å². The first-order chi connectivity index (χ1) is 20.2. The van der Waals surface area contributed by atoms with E-state index in [4.69, 9.17) is 9.47 Å². The molecular formula is C33H45N3O6. The maximum atomic E-state index is 14.6. The first-order valence-corrected chi connectivity index (χ1v) is 15.5. The summed E-state index contributed by atoms with van der Waals surface area (Å²) >= 11 is 0. The van der Waals surface area contributed by atoms with Crippen molar-refractivity contribution >= 4 is 23.4 Å². The Labute approximate surface area is 249 Å². The second kappa shape index (κ2) is 12.2. The van der Waals surface area contributed by atoms with Crippen molar-refractivity contribution in [3.8, 4) is 5.75 Å². The van der Waals surface area contributed by atoms with Gasteiger partial charge in [-0.15, -0.1) is 0 Å². The summed E-state index contributed by atoms with van der Waals surface area (Å²) in [6.07, 6.45) is 9.20. The molecule has 0 radical (unpaired) electrons. The molecule has 0 bridgehead atoms. The first kappa shape index (κ1) is 30.3. The van der Waals surface area contributed by atoms with Gasteiger partial charge in [0.05, 0.1) is 37.2 Å². The van der Waals surface area contributed by atoms with E-state index in [0.29, 0.717) is 37.6 Å². The molecule has 2 unspecified atom stereocenters. The monoisotopic (exact) mass is 579 g/mol. The largest absolute Gasteiger partial charge is 0.494 e. The zero-order valence-corrected chi connectivity index (χ0v) is 25.4. The number of rotatable bonds is 10. The molecule has 4 aliphatic heterocycles. The summed E-state index contributed by atoms with van der Waals surface area (Å²) < 4.78 is 12.4. The number of hydrogen-bond donors (Lipinski definition) is 1. The van der Waals surface area contributed by atoms with E-state index in [0.717, 1.165) is 12.8 Å². The van der Waals surface area contributed by atoms with Crippen LogP contribution >= 0.6 is 0 Å². The van der Waals surface area contributed by atoms with Crippen LogP contribution in [0.2, 0.25) is 0 Å². The maximum absolute atomic E-state index is 14.6. The average molecular weight is 580 g/mol. The van der Waals surface area contributed by atoms with E-state index in [1.165, 1.54) is 0 Å². The highest BCUT2D eigenvalue weighted by Gasteiger charge is 2.72. The molecule has 1 spiro atoms. The molecule has 228 valence electrons. The number of likely N-dealkylation sites (tertiary alicyclic amines) is 1. The van der Waals surface area contributed by atoms with E-state index < -0.39 is 35.6 Å². The Morgan fingerprint density at radius 1 is 1.02 bits per heavy atom. The van der Waals surface area contributed by atoms with Crippen LogP contribution in [0.1, 0.15) is 53.9 Å². The number of carbonyl (C=O) groups excluding carboxylic acids is 3. The molecule has 7 atom stereocenters. The molecule has 4 aliphatic rings. The number of amides is 3. The van der Waals surface area contributed by atoms with Gasteiger partial charge in [0.25, 0.3) is 0 Å². The topological polar surface area (TPSA) is 99.6 Å². The molecule has 5 rings (SSSR count). The Bertz CT molecular complexity index is 1230. The highest BCUT2D eigenvalue weighted by Crippen LogP contribution is 2.54. The standard InChI is InChI=1S/C33H45N3O6/c1-6-10-22(5)34-18-9-16-33-28(31(39)36(29(33)32(34)40)24(20-37)19-21(3)4)27-26(42-33)11-8-17-35(30(27)38)23-12-14-25(15-13-23)41-7-2/h8-9,11-16,21-22,24,26-29,37H,6-7,10,17-20H2,1-5H3/t22?,24-,26+,27-,28+,29?,33+/m1/s1. The number of aliphatic hydroxyl groups excluding tert-OH is 1. The number of fused-ring (bicyclic) bond motifs is 2. The fraction of sp³-hybridized carbons (Fsp3) is 0.606.